The normalized spacial score (nSPS) is 16.0. The summed E-state index contributed by atoms with van der Waals surface area (Å²) < 4.78 is 5.98. The summed E-state index contributed by atoms with van der Waals surface area (Å²) in [6, 6.07) is 0. The van der Waals surface area contributed by atoms with Gasteiger partial charge in [-0.25, -0.2) is 4.98 Å². The number of aromatic nitrogens is 1. The van der Waals surface area contributed by atoms with Crippen LogP contribution in [0.25, 0.3) is 0 Å². The van der Waals surface area contributed by atoms with Crippen LogP contribution in [-0.4, -0.2) is 55.7 Å². The predicted molar refractivity (Wildman–Crippen MR) is 111 cm³/mol. The number of nitrogens with zero attached hydrogens (tertiary/aromatic N) is 2. The highest BCUT2D eigenvalue weighted by atomic mass is 32.1. The molecule has 1 heterocycles. The van der Waals surface area contributed by atoms with Crippen molar-refractivity contribution in [3.05, 3.63) is 16.1 Å². The van der Waals surface area contributed by atoms with Gasteiger partial charge in [0.1, 0.15) is 4.88 Å². The highest BCUT2D eigenvalue weighted by Gasteiger charge is 2.12. The van der Waals surface area contributed by atoms with E-state index < -0.39 is 0 Å². The van der Waals surface area contributed by atoms with Crippen molar-refractivity contribution in [1.82, 2.24) is 20.9 Å². The van der Waals surface area contributed by atoms with E-state index in [1.54, 1.807) is 5.51 Å². The molecule has 1 aliphatic rings. The SMILES string of the molecule is CCNC(=NCCOC1CCCCCC1)NCCNC(=O)c1scnc1C. The molecule has 1 fully saturated rings. The molecule has 7 nitrogen and oxygen atoms in total. The second kappa shape index (κ2) is 12.7. The Morgan fingerprint density at radius 2 is 1.96 bits per heavy atom. The van der Waals surface area contributed by atoms with E-state index in [-0.39, 0.29) is 5.91 Å². The summed E-state index contributed by atoms with van der Waals surface area (Å²) in [5.74, 6) is 0.681. The smallest absolute Gasteiger partial charge is 0.263 e. The van der Waals surface area contributed by atoms with Crippen LogP contribution in [0.1, 0.15) is 60.8 Å². The van der Waals surface area contributed by atoms with Gasteiger partial charge in [-0.3, -0.25) is 9.79 Å². The molecule has 0 bridgehead atoms. The van der Waals surface area contributed by atoms with Crippen molar-refractivity contribution >= 4 is 23.2 Å². The molecule has 0 radical (unpaired) electrons. The third-order valence-electron chi connectivity index (χ3n) is 4.52. The molecule has 1 amide bonds. The summed E-state index contributed by atoms with van der Waals surface area (Å²) in [6.45, 7) is 7.10. The summed E-state index contributed by atoms with van der Waals surface area (Å²) in [4.78, 5) is 21.4. The molecule has 27 heavy (non-hydrogen) atoms. The number of hydrogen-bond donors (Lipinski definition) is 3. The first-order valence-corrected chi connectivity index (χ1v) is 10.9. The molecule has 0 unspecified atom stereocenters. The second-order valence-electron chi connectivity index (χ2n) is 6.69. The van der Waals surface area contributed by atoms with Crippen molar-refractivity contribution < 1.29 is 9.53 Å². The summed E-state index contributed by atoms with van der Waals surface area (Å²) in [5.41, 5.74) is 2.46. The van der Waals surface area contributed by atoms with Gasteiger partial charge in [0.15, 0.2) is 5.96 Å². The van der Waals surface area contributed by atoms with Gasteiger partial charge in [-0.1, -0.05) is 25.7 Å². The molecule has 0 aromatic carbocycles. The van der Waals surface area contributed by atoms with Gasteiger partial charge >= 0.3 is 0 Å². The molecular weight excluding hydrogens is 362 g/mol. The average Bonchev–Trinajstić information content (AvgIpc) is 2.93. The molecule has 0 aliphatic heterocycles. The summed E-state index contributed by atoms with van der Waals surface area (Å²) in [6.07, 6.45) is 8.01. The Labute approximate surface area is 166 Å². The van der Waals surface area contributed by atoms with E-state index in [0.717, 1.165) is 18.2 Å². The van der Waals surface area contributed by atoms with Crippen LogP contribution in [-0.2, 0) is 4.74 Å². The number of amides is 1. The molecular formula is C19H33N5O2S. The maximum absolute atomic E-state index is 12.1. The minimum absolute atomic E-state index is 0.0736. The monoisotopic (exact) mass is 395 g/mol. The van der Waals surface area contributed by atoms with Crippen LogP contribution >= 0.6 is 11.3 Å². The fourth-order valence-corrected chi connectivity index (χ4v) is 3.80. The van der Waals surface area contributed by atoms with Crippen molar-refractivity contribution in [3.8, 4) is 0 Å². The topological polar surface area (TPSA) is 87.6 Å². The fraction of sp³-hybridized carbons (Fsp3) is 0.737. The molecule has 0 atom stereocenters. The van der Waals surface area contributed by atoms with Gasteiger partial charge in [-0.2, -0.15) is 0 Å². The Balaban J connectivity index is 1.64. The second-order valence-corrected chi connectivity index (χ2v) is 7.55. The maximum atomic E-state index is 12.1. The van der Waals surface area contributed by atoms with Gasteiger partial charge in [0.05, 0.1) is 30.5 Å². The molecule has 8 heteroatoms. The Hall–Kier alpha value is -1.67. The van der Waals surface area contributed by atoms with Gasteiger partial charge in [0.2, 0.25) is 0 Å². The van der Waals surface area contributed by atoms with Crippen LogP contribution in [0.3, 0.4) is 0 Å². The number of aryl methyl sites for hydroxylation is 1. The number of hydrogen-bond acceptors (Lipinski definition) is 5. The first kappa shape index (κ1) is 21.6. The predicted octanol–water partition coefficient (Wildman–Crippen LogP) is 2.48. The minimum Gasteiger partial charge on any atom is -0.376 e. The van der Waals surface area contributed by atoms with Gasteiger partial charge in [0.25, 0.3) is 5.91 Å². The first-order valence-electron chi connectivity index (χ1n) is 10.0. The lowest BCUT2D eigenvalue weighted by Crippen LogP contribution is -2.41. The standard InChI is InChI=1S/C19H33N5O2S/c1-3-20-19(23-12-13-26-16-8-6-4-5-7-9-16)22-11-10-21-18(25)17-15(2)24-14-27-17/h14,16H,3-13H2,1-2H3,(H,21,25)(H2,20,22,23). The number of carbonyl (C=O) groups excluding carboxylic acids is 1. The van der Waals surface area contributed by atoms with Crippen LogP contribution < -0.4 is 16.0 Å². The molecule has 1 aromatic rings. The van der Waals surface area contributed by atoms with Crippen LogP contribution in [0.15, 0.2) is 10.5 Å². The Morgan fingerprint density at radius 1 is 1.22 bits per heavy atom. The number of carbonyl (C=O) groups is 1. The quantitative estimate of drug-likeness (QED) is 0.259. The maximum Gasteiger partial charge on any atom is 0.263 e. The molecule has 3 N–H and O–H groups in total. The molecule has 2 rings (SSSR count). The van der Waals surface area contributed by atoms with Gasteiger partial charge in [-0.15, -0.1) is 11.3 Å². The largest absolute Gasteiger partial charge is 0.376 e. The number of nitrogens with one attached hydrogen (secondary N) is 3. The number of aliphatic imine (C=N–C) groups is 1. The van der Waals surface area contributed by atoms with E-state index in [1.165, 1.54) is 49.9 Å². The van der Waals surface area contributed by atoms with Crippen molar-refractivity contribution in [2.75, 3.05) is 32.8 Å². The minimum atomic E-state index is -0.0736. The first-order chi connectivity index (χ1) is 13.2. The molecule has 1 aromatic heterocycles. The highest BCUT2D eigenvalue weighted by molar-refractivity contribution is 7.11. The molecule has 1 aliphatic carbocycles. The molecule has 0 saturated heterocycles. The number of ether oxygens (including phenoxy) is 1. The summed E-state index contributed by atoms with van der Waals surface area (Å²) in [7, 11) is 0. The van der Waals surface area contributed by atoms with E-state index >= 15 is 0 Å². The third kappa shape index (κ3) is 8.26. The Bertz CT molecular complexity index is 582. The van der Waals surface area contributed by atoms with Crippen molar-refractivity contribution in [2.45, 2.75) is 58.5 Å². The van der Waals surface area contributed by atoms with E-state index in [4.69, 9.17) is 4.74 Å². The zero-order chi connectivity index (χ0) is 19.3. The average molecular weight is 396 g/mol. The lowest BCUT2D eigenvalue weighted by atomic mass is 10.1. The van der Waals surface area contributed by atoms with E-state index in [9.17, 15) is 4.79 Å². The van der Waals surface area contributed by atoms with Gasteiger partial charge < -0.3 is 20.7 Å². The van der Waals surface area contributed by atoms with Crippen molar-refractivity contribution in [3.63, 3.8) is 0 Å². The van der Waals surface area contributed by atoms with E-state index in [2.05, 4.69) is 25.9 Å². The number of guanidine groups is 1. The van der Waals surface area contributed by atoms with Gasteiger partial charge in [-0.05, 0) is 26.7 Å². The van der Waals surface area contributed by atoms with E-state index in [1.807, 2.05) is 13.8 Å². The number of thiazole rings is 1. The highest BCUT2D eigenvalue weighted by Crippen LogP contribution is 2.19. The number of rotatable bonds is 9. The Morgan fingerprint density at radius 3 is 2.63 bits per heavy atom. The summed E-state index contributed by atoms with van der Waals surface area (Å²) in [5, 5.41) is 9.36. The molecule has 152 valence electrons. The van der Waals surface area contributed by atoms with Crippen LogP contribution in [0.5, 0.6) is 0 Å². The van der Waals surface area contributed by atoms with Crippen LogP contribution in [0.2, 0.25) is 0 Å². The summed E-state index contributed by atoms with van der Waals surface area (Å²) >= 11 is 1.36. The fourth-order valence-electron chi connectivity index (χ4n) is 3.08. The Kier molecular flexibility index (Phi) is 10.1. The lowest BCUT2D eigenvalue weighted by molar-refractivity contribution is 0.0487. The molecule has 1 saturated carbocycles. The van der Waals surface area contributed by atoms with E-state index in [0.29, 0.717) is 37.2 Å². The van der Waals surface area contributed by atoms with Crippen molar-refractivity contribution in [1.29, 1.82) is 0 Å². The zero-order valence-electron chi connectivity index (χ0n) is 16.6. The zero-order valence-corrected chi connectivity index (χ0v) is 17.4. The van der Waals surface area contributed by atoms with Gasteiger partial charge in [0, 0.05) is 19.6 Å². The third-order valence-corrected chi connectivity index (χ3v) is 5.44. The molecule has 0 spiro atoms. The van der Waals surface area contributed by atoms with Crippen LogP contribution in [0, 0.1) is 6.92 Å². The van der Waals surface area contributed by atoms with Crippen molar-refractivity contribution in [2.24, 2.45) is 4.99 Å². The lowest BCUT2D eigenvalue weighted by Gasteiger charge is -2.15. The van der Waals surface area contributed by atoms with Crippen LogP contribution in [0.4, 0.5) is 0 Å².